The van der Waals surface area contributed by atoms with Gasteiger partial charge in [0.2, 0.25) is 0 Å². The summed E-state index contributed by atoms with van der Waals surface area (Å²) in [6.07, 6.45) is 1.15. The number of benzene rings is 1. The predicted molar refractivity (Wildman–Crippen MR) is 64.0 cm³/mol. The van der Waals surface area contributed by atoms with Crippen molar-refractivity contribution in [3.05, 3.63) is 24.0 Å². The first kappa shape index (κ1) is 13.9. The number of halogens is 1. The fourth-order valence-electron chi connectivity index (χ4n) is 1.36. The van der Waals surface area contributed by atoms with Gasteiger partial charge in [-0.1, -0.05) is 0 Å². The third-order valence-corrected chi connectivity index (χ3v) is 4.14. The van der Waals surface area contributed by atoms with E-state index >= 15 is 0 Å². The van der Waals surface area contributed by atoms with E-state index in [1.165, 1.54) is 12.1 Å². The highest BCUT2D eigenvalue weighted by Gasteiger charge is 2.15. The monoisotopic (exact) mass is 261 g/mol. The Morgan fingerprint density at radius 1 is 1.35 bits per heavy atom. The van der Waals surface area contributed by atoms with E-state index < -0.39 is 15.7 Å². The van der Waals surface area contributed by atoms with Gasteiger partial charge in [0.05, 0.1) is 16.3 Å². The topological polar surface area (TPSA) is 69.4 Å². The molecule has 0 bridgehead atoms. The summed E-state index contributed by atoms with van der Waals surface area (Å²) in [5.41, 5.74) is 5.23. The molecule has 1 rings (SSSR count). The molecule has 1 aromatic carbocycles. The van der Waals surface area contributed by atoms with Crippen molar-refractivity contribution in [1.29, 1.82) is 0 Å². The molecule has 0 atom stereocenters. The molecule has 0 amide bonds. The Balaban J connectivity index is 2.72. The third-order valence-electron chi connectivity index (χ3n) is 2.34. The maximum Gasteiger partial charge on any atom is 0.178 e. The van der Waals surface area contributed by atoms with Crippen molar-refractivity contribution >= 4 is 15.5 Å². The van der Waals surface area contributed by atoms with Crippen LogP contribution in [0.1, 0.15) is 12.8 Å². The average Bonchev–Trinajstić information content (AvgIpc) is 2.28. The van der Waals surface area contributed by atoms with Gasteiger partial charge in [0.15, 0.2) is 9.84 Å². The molecule has 0 radical (unpaired) electrons. The summed E-state index contributed by atoms with van der Waals surface area (Å²) in [4.78, 5) is -0.0263. The summed E-state index contributed by atoms with van der Waals surface area (Å²) in [6.45, 7) is 0.519. The number of rotatable bonds is 6. The number of ether oxygens (including phenoxy) is 1. The molecule has 0 heterocycles. The van der Waals surface area contributed by atoms with Crippen molar-refractivity contribution in [3.8, 4) is 0 Å². The maximum absolute atomic E-state index is 13.1. The van der Waals surface area contributed by atoms with Gasteiger partial charge in [-0.25, -0.2) is 12.8 Å². The van der Waals surface area contributed by atoms with Crippen molar-refractivity contribution in [3.63, 3.8) is 0 Å². The van der Waals surface area contributed by atoms with Crippen LogP contribution in [0, 0.1) is 5.82 Å². The fourth-order valence-corrected chi connectivity index (χ4v) is 2.74. The van der Waals surface area contributed by atoms with Gasteiger partial charge in [-0.15, -0.1) is 0 Å². The molecule has 17 heavy (non-hydrogen) atoms. The van der Waals surface area contributed by atoms with Gasteiger partial charge in [0, 0.05) is 13.7 Å². The van der Waals surface area contributed by atoms with Crippen LogP contribution in [0.15, 0.2) is 23.1 Å². The second-order valence-corrected chi connectivity index (χ2v) is 5.81. The van der Waals surface area contributed by atoms with Crippen molar-refractivity contribution < 1.29 is 17.5 Å². The van der Waals surface area contributed by atoms with E-state index in [-0.39, 0.29) is 16.3 Å². The highest BCUT2D eigenvalue weighted by molar-refractivity contribution is 7.91. The lowest BCUT2D eigenvalue weighted by molar-refractivity contribution is 0.194. The van der Waals surface area contributed by atoms with Gasteiger partial charge in [-0.2, -0.15) is 0 Å². The number of methoxy groups -OCH3 is 1. The van der Waals surface area contributed by atoms with Gasteiger partial charge in [0.25, 0.3) is 0 Å². The molecule has 0 unspecified atom stereocenters. The highest BCUT2D eigenvalue weighted by Crippen LogP contribution is 2.18. The molecule has 0 aliphatic rings. The molecular weight excluding hydrogens is 245 g/mol. The molecule has 0 aliphatic heterocycles. The quantitative estimate of drug-likeness (QED) is 0.624. The predicted octanol–water partition coefficient (Wildman–Crippen LogP) is 1.61. The molecule has 96 valence electrons. The number of unbranched alkanes of at least 4 members (excludes halogenated alkanes) is 1. The van der Waals surface area contributed by atoms with E-state index in [0.717, 1.165) is 6.07 Å². The minimum atomic E-state index is -3.43. The molecule has 2 N–H and O–H groups in total. The first-order valence-corrected chi connectivity index (χ1v) is 6.89. The summed E-state index contributed by atoms with van der Waals surface area (Å²) in [6, 6.07) is 3.54. The van der Waals surface area contributed by atoms with Crippen LogP contribution in [0.3, 0.4) is 0 Å². The van der Waals surface area contributed by atoms with Crippen LogP contribution in [-0.4, -0.2) is 27.9 Å². The van der Waals surface area contributed by atoms with Gasteiger partial charge in [-0.3, -0.25) is 0 Å². The van der Waals surface area contributed by atoms with Crippen LogP contribution in [0.5, 0.6) is 0 Å². The van der Waals surface area contributed by atoms with Gasteiger partial charge >= 0.3 is 0 Å². The van der Waals surface area contributed by atoms with Crippen molar-refractivity contribution in [2.45, 2.75) is 17.7 Å². The summed E-state index contributed by atoms with van der Waals surface area (Å²) in [5, 5.41) is 0. The van der Waals surface area contributed by atoms with Gasteiger partial charge in [0.1, 0.15) is 5.82 Å². The summed E-state index contributed by atoms with van der Waals surface area (Å²) >= 11 is 0. The summed E-state index contributed by atoms with van der Waals surface area (Å²) < 4.78 is 41.6. The Labute approximate surface area is 101 Å². The lowest BCUT2D eigenvalue weighted by Gasteiger charge is -2.05. The van der Waals surface area contributed by atoms with E-state index in [9.17, 15) is 12.8 Å². The number of nitrogen functional groups attached to an aromatic ring is 1. The van der Waals surface area contributed by atoms with E-state index in [2.05, 4.69) is 0 Å². The Hall–Kier alpha value is -1.14. The molecule has 4 nitrogen and oxygen atoms in total. The van der Waals surface area contributed by atoms with E-state index in [1.807, 2.05) is 0 Å². The van der Waals surface area contributed by atoms with Crippen molar-refractivity contribution in [2.24, 2.45) is 0 Å². The van der Waals surface area contributed by atoms with Crippen molar-refractivity contribution in [2.75, 3.05) is 25.2 Å². The summed E-state index contributed by atoms with van der Waals surface area (Å²) in [5.74, 6) is -0.720. The maximum atomic E-state index is 13.1. The molecule has 0 spiro atoms. The Kier molecular flexibility index (Phi) is 4.89. The zero-order chi connectivity index (χ0) is 12.9. The van der Waals surface area contributed by atoms with Crippen LogP contribution < -0.4 is 5.73 Å². The number of anilines is 1. The number of sulfone groups is 1. The minimum Gasteiger partial charge on any atom is -0.396 e. The SMILES string of the molecule is COCCCCS(=O)(=O)c1ccc(N)c(F)c1. The van der Waals surface area contributed by atoms with Crippen LogP contribution in [0.4, 0.5) is 10.1 Å². The Morgan fingerprint density at radius 3 is 2.65 bits per heavy atom. The lowest BCUT2D eigenvalue weighted by Crippen LogP contribution is -2.08. The molecule has 0 saturated heterocycles. The third kappa shape index (κ3) is 3.98. The van der Waals surface area contributed by atoms with Gasteiger partial charge in [-0.05, 0) is 31.0 Å². The zero-order valence-corrected chi connectivity index (χ0v) is 10.5. The van der Waals surface area contributed by atoms with Crippen LogP contribution in [-0.2, 0) is 14.6 Å². The minimum absolute atomic E-state index is 0.0142. The second-order valence-electron chi connectivity index (χ2n) is 3.70. The summed E-state index contributed by atoms with van der Waals surface area (Å²) in [7, 11) is -1.87. The lowest BCUT2D eigenvalue weighted by atomic mass is 10.3. The second kappa shape index (κ2) is 5.97. The molecule has 1 aromatic rings. The number of hydrogen-bond donors (Lipinski definition) is 1. The van der Waals surface area contributed by atoms with Gasteiger partial charge < -0.3 is 10.5 Å². The molecule has 0 saturated carbocycles. The smallest absolute Gasteiger partial charge is 0.178 e. The Morgan fingerprint density at radius 2 is 2.06 bits per heavy atom. The van der Waals surface area contributed by atoms with Crippen LogP contribution in [0.25, 0.3) is 0 Å². The zero-order valence-electron chi connectivity index (χ0n) is 9.65. The first-order chi connectivity index (χ1) is 7.97. The van der Waals surface area contributed by atoms with E-state index in [1.54, 1.807) is 7.11 Å². The molecule has 0 fully saturated rings. The fraction of sp³-hybridized carbons (Fsp3) is 0.455. The molecule has 0 aromatic heterocycles. The standard InChI is InChI=1S/C11H16FNO3S/c1-16-6-2-3-7-17(14,15)9-4-5-11(13)10(12)8-9/h4-5,8H,2-3,6-7,13H2,1H3. The first-order valence-electron chi connectivity index (χ1n) is 5.24. The average molecular weight is 261 g/mol. The number of hydrogen-bond acceptors (Lipinski definition) is 4. The normalized spacial score (nSPS) is 11.6. The largest absolute Gasteiger partial charge is 0.396 e. The van der Waals surface area contributed by atoms with Crippen LogP contribution in [0.2, 0.25) is 0 Å². The van der Waals surface area contributed by atoms with E-state index in [4.69, 9.17) is 10.5 Å². The molecule has 0 aliphatic carbocycles. The molecular formula is C11H16FNO3S. The highest BCUT2D eigenvalue weighted by atomic mass is 32.2. The number of nitrogens with two attached hydrogens (primary N) is 1. The van der Waals surface area contributed by atoms with Crippen LogP contribution >= 0.6 is 0 Å². The molecule has 6 heteroatoms. The Bertz CT molecular complexity index is 474. The van der Waals surface area contributed by atoms with E-state index in [0.29, 0.717) is 19.4 Å². The van der Waals surface area contributed by atoms with Crippen molar-refractivity contribution in [1.82, 2.24) is 0 Å².